The molecule has 0 bridgehead atoms. The summed E-state index contributed by atoms with van der Waals surface area (Å²) in [6, 6.07) is 7.62. The van der Waals surface area contributed by atoms with Crippen molar-refractivity contribution in [3.63, 3.8) is 0 Å². The Bertz CT molecular complexity index is 354. The zero-order valence-electron chi connectivity index (χ0n) is 9.95. The molecule has 0 aliphatic heterocycles. The number of rotatable bonds is 2. The minimum absolute atomic E-state index is 0.102. The van der Waals surface area contributed by atoms with E-state index in [2.05, 4.69) is 13.0 Å². The number of phenols is 1. The Labute approximate surface area is 97.5 Å². The second-order valence-corrected chi connectivity index (χ2v) is 5.22. The summed E-state index contributed by atoms with van der Waals surface area (Å²) in [4.78, 5) is 0. The van der Waals surface area contributed by atoms with Crippen LogP contribution in [0, 0.1) is 5.92 Å². The van der Waals surface area contributed by atoms with Crippen LogP contribution in [0.4, 0.5) is 0 Å². The molecule has 0 saturated heterocycles. The van der Waals surface area contributed by atoms with Crippen molar-refractivity contribution in [1.82, 2.24) is 0 Å². The largest absolute Gasteiger partial charge is 0.508 e. The van der Waals surface area contributed by atoms with Gasteiger partial charge in [0.15, 0.2) is 0 Å². The van der Waals surface area contributed by atoms with Crippen molar-refractivity contribution in [1.29, 1.82) is 0 Å². The molecular weight excluding hydrogens is 198 g/mol. The van der Waals surface area contributed by atoms with E-state index in [1.165, 1.54) is 18.4 Å². The van der Waals surface area contributed by atoms with Crippen LogP contribution in [-0.4, -0.2) is 11.7 Å². The molecule has 3 N–H and O–H groups in total. The predicted molar refractivity (Wildman–Crippen MR) is 66.5 cm³/mol. The van der Waals surface area contributed by atoms with Crippen molar-refractivity contribution >= 4 is 0 Å². The van der Waals surface area contributed by atoms with E-state index in [-0.39, 0.29) is 5.41 Å². The van der Waals surface area contributed by atoms with Gasteiger partial charge in [-0.25, -0.2) is 0 Å². The van der Waals surface area contributed by atoms with Gasteiger partial charge in [0.05, 0.1) is 0 Å². The standard InChI is InChI=1S/C14H21NO/c1-11-5-7-14(10-15,8-6-11)12-3-2-4-13(16)9-12/h2-4,9,11,16H,5-8,10,15H2,1H3. The van der Waals surface area contributed by atoms with E-state index in [4.69, 9.17) is 5.73 Å². The molecule has 0 radical (unpaired) electrons. The number of hydrogen-bond donors (Lipinski definition) is 2. The average Bonchev–Trinajstić information content (AvgIpc) is 2.31. The monoisotopic (exact) mass is 219 g/mol. The molecule has 16 heavy (non-hydrogen) atoms. The molecular formula is C14H21NO. The van der Waals surface area contributed by atoms with Crippen molar-refractivity contribution in [3.8, 4) is 5.75 Å². The van der Waals surface area contributed by atoms with E-state index < -0.39 is 0 Å². The Balaban J connectivity index is 2.28. The zero-order chi connectivity index (χ0) is 11.6. The van der Waals surface area contributed by atoms with Gasteiger partial charge in [-0.3, -0.25) is 0 Å². The van der Waals surface area contributed by atoms with Crippen molar-refractivity contribution in [3.05, 3.63) is 29.8 Å². The molecule has 0 atom stereocenters. The SMILES string of the molecule is CC1CCC(CN)(c2cccc(O)c2)CC1. The second kappa shape index (κ2) is 4.46. The quantitative estimate of drug-likeness (QED) is 0.803. The molecule has 2 heteroatoms. The summed E-state index contributed by atoms with van der Waals surface area (Å²) < 4.78 is 0. The van der Waals surface area contributed by atoms with Crippen LogP contribution in [0.5, 0.6) is 5.75 Å². The highest BCUT2D eigenvalue weighted by atomic mass is 16.3. The summed E-state index contributed by atoms with van der Waals surface area (Å²) in [7, 11) is 0. The van der Waals surface area contributed by atoms with Crippen LogP contribution in [0.1, 0.15) is 38.2 Å². The molecule has 0 aromatic heterocycles. The summed E-state index contributed by atoms with van der Waals surface area (Å²) >= 11 is 0. The van der Waals surface area contributed by atoms with Gasteiger partial charge in [-0.2, -0.15) is 0 Å². The average molecular weight is 219 g/mol. The molecule has 0 amide bonds. The lowest BCUT2D eigenvalue weighted by molar-refractivity contribution is 0.247. The van der Waals surface area contributed by atoms with Crippen LogP contribution in [0.25, 0.3) is 0 Å². The first-order valence-electron chi connectivity index (χ1n) is 6.16. The number of phenolic OH excluding ortho intramolecular Hbond substituents is 1. The molecule has 88 valence electrons. The van der Waals surface area contributed by atoms with Crippen LogP contribution in [0.2, 0.25) is 0 Å². The lowest BCUT2D eigenvalue weighted by atomic mass is 9.67. The summed E-state index contributed by atoms with van der Waals surface area (Å²) in [6.07, 6.45) is 4.78. The summed E-state index contributed by atoms with van der Waals surface area (Å²) in [5.41, 5.74) is 7.30. The van der Waals surface area contributed by atoms with Gasteiger partial charge in [-0.05, 0) is 49.3 Å². The molecule has 0 spiro atoms. The Kier molecular flexibility index (Phi) is 3.20. The Morgan fingerprint density at radius 3 is 2.62 bits per heavy atom. The van der Waals surface area contributed by atoms with Gasteiger partial charge in [-0.15, -0.1) is 0 Å². The maximum absolute atomic E-state index is 9.56. The fraction of sp³-hybridized carbons (Fsp3) is 0.571. The van der Waals surface area contributed by atoms with E-state index in [0.717, 1.165) is 18.8 Å². The zero-order valence-corrected chi connectivity index (χ0v) is 9.95. The molecule has 0 unspecified atom stereocenters. The van der Waals surface area contributed by atoms with Crippen LogP contribution < -0.4 is 5.73 Å². The van der Waals surface area contributed by atoms with Gasteiger partial charge in [-0.1, -0.05) is 19.1 Å². The molecule has 0 heterocycles. The van der Waals surface area contributed by atoms with Crippen molar-refractivity contribution < 1.29 is 5.11 Å². The molecule has 1 aromatic rings. The molecule has 1 saturated carbocycles. The highest BCUT2D eigenvalue weighted by molar-refractivity contribution is 5.33. The van der Waals surface area contributed by atoms with E-state index >= 15 is 0 Å². The topological polar surface area (TPSA) is 46.2 Å². The van der Waals surface area contributed by atoms with Crippen LogP contribution in [0.3, 0.4) is 0 Å². The van der Waals surface area contributed by atoms with Crippen LogP contribution >= 0.6 is 0 Å². The first kappa shape index (κ1) is 11.5. The molecule has 1 aliphatic rings. The van der Waals surface area contributed by atoms with Gasteiger partial charge >= 0.3 is 0 Å². The summed E-state index contributed by atoms with van der Waals surface area (Å²) in [5.74, 6) is 1.17. The predicted octanol–water partition coefficient (Wildman–Crippen LogP) is 2.80. The molecule has 2 rings (SSSR count). The van der Waals surface area contributed by atoms with Gasteiger partial charge in [0.25, 0.3) is 0 Å². The molecule has 1 aliphatic carbocycles. The minimum atomic E-state index is 0.102. The van der Waals surface area contributed by atoms with Gasteiger partial charge in [0, 0.05) is 12.0 Å². The van der Waals surface area contributed by atoms with Crippen molar-refractivity contribution in [2.24, 2.45) is 11.7 Å². The lowest BCUT2D eigenvalue weighted by Gasteiger charge is -2.39. The Morgan fingerprint density at radius 1 is 1.38 bits per heavy atom. The molecule has 1 aromatic carbocycles. The van der Waals surface area contributed by atoms with Gasteiger partial charge in [0.2, 0.25) is 0 Å². The lowest BCUT2D eigenvalue weighted by Crippen LogP contribution is -2.38. The van der Waals surface area contributed by atoms with Gasteiger partial charge in [0.1, 0.15) is 5.75 Å². The summed E-state index contributed by atoms with van der Waals surface area (Å²) in [6.45, 7) is 2.99. The molecule has 1 fully saturated rings. The number of aromatic hydroxyl groups is 1. The molecule has 2 nitrogen and oxygen atoms in total. The van der Waals surface area contributed by atoms with Gasteiger partial charge < -0.3 is 10.8 Å². The van der Waals surface area contributed by atoms with E-state index in [1.807, 2.05) is 12.1 Å². The summed E-state index contributed by atoms with van der Waals surface area (Å²) in [5, 5.41) is 9.56. The number of hydrogen-bond acceptors (Lipinski definition) is 2. The normalized spacial score (nSPS) is 30.2. The first-order chi connectivity index (χ1) is 7.66. The van der Waals surface area contributed by atoms with E-state index in [9.17, 15) is 5.11 Å². The third-order valence-corrected chi connectivity index (χ3v) is 4.08. The fourth-order valence-corrected chi connectivity index (χ4v) is 2.76. The smallest absolute Gasteiger partial charge is 0.115 e. The highest BCUT2D eigenvalue weighted by Crippen LogP contribution is 2.41. The van der Waals surface area contributed by atoms with Crippen molar-refractivity contribution in [2.45, 2.75) is 38.0 Å². The Morgan fingerprint density at radius 2 is 2.06 bits per heavy atom. The first-order valence-corrected chi connectivity index (χ1v) is 6.16. The number of nitrogens with two attached hydrogens (primary N) is 1. The van der Waals surface area contributed by atoms with Crippen LogP contribution in [-0.2, 0) is 5.41 Å². The second-order valence-electron chi connectivity index (χ2n) is 5.22. The number of benzene rings is 1. The Hall–Kier alpha value is -1.02. The van der Waals surface area contributed by atoms with E-state index in [1.54, 1.807) is 6.07 Å². The van der Waals surface area contributed by atoms with Crippen LogP contribution in [0.15, 0.2) is 24.3 Å². The van der Waals surface area contributed by atoms with Crippen molar-refractivity contribution in [2.75, 3.05) is 6.54 Å². The minimum Gasteiger partial charge on any atom is -0.508 e. The highest BCUT2D eigenvalue weighted by Gasteiger charge is 2.34. The van der Waals surface area contributed by atoms with E-state index in [0.29, 0.717) is 12.3 Å². The third kappa shape index (κ3) is 2.07. The maximum Gasteiger partial charge on any atom is 0.115 e. The fourth-order valence-electron chi connectivity index (χ4n) is 2.76. The third-order valence-electron chi connectivity index (χ3n) is 4.08. The maximum atomic E-state index is 9.56.